The summed E-state index contributed by atoms with van der Waals surface area (Å²) in [5.41, 5.74) is 10.2. The van der Waals surface area contributed by atoms with Crippen LogP contribution in [-0.2, 0) is 0 Å². The van der Waals surface area contributed by atoms with Crippen molar-refractivity contribution in [2.24, 2.45) is 5.73 Å². The molecule has 1 aromatic heterocycles. The van der Waals surface area contributed by atoms with Gasteiger partial charge in [-0.05, 0) is 30.7 Å². The van der Waals surface area contributed by atoms with Crippen LogP contribution in [0.3, 0.4) is 0 Å². The highest BCUT2D eigenvalue weighted by Crippen LogP contribution is 2.28. The average Bonchev–Trinajstić information content (AvgIpc) is 3.07. The number of ether oxygens (including phenoxy) is 1. The molecule has 0 bridgehead atoms. The van der Waals surface area contributed by atoms with E-state index in [0.717, 1.165) is 28.3 Å². The smallest absolute Gasteiger partial charge is 0.119 e. The third kappa shape index (κ3) is 3.43. The van der Waals surface area contributed by atoms with Crippen molar-refractivity contribution in [3.63, 3.8) is 0 Å². The van der Waals surface area contributed by atoms with Crippen LogP contribution in [0.15, 0.2) is 60.7 Å². The molecule has 0 aliphatic heterocycles. The van der Waals surface area contributed by atoms with Gasteiger partial charge < -0.3 is 10.5 Å². The third-order valence-electron chi connectivity index (χ3n) is 3.85. The van der Waals surface area contributed by atoms with Crippen molar-refractivity contribution in [1.82, 2.24) is 10.2 Å². The molecule has 0 saturated heterocycles. The molecule has 2 aromatic carbocycles. The quantitative estimate of drug-likeness (QED) is 0.732. The minimum absolute atomic E-state index is 0.0698. The van der Waals surface area contributed by atoms with Gasteiger partial charge in [0.1, 0.15) is 5.75 Å². The molecule has 0 fully saturated rings. The van der Waals surface area contributed by atoms with Gasteiger partial charge >= 0.3 is 0 Å². The summed E-state index contributed by atoms with van der Waals surface area (Å²) in [6.45, 7) is 3.14. The molecule has 3 N–H and O–H groups in total. The van der Waals surface area contributed by atoms with E-state index >= 15 is 0 Å². The highest BCUT2D eigenvalue weighted by Gasteiger charge is 2.16. The molecule has 0 amide bonds. The van der Waals surface area contributed by atoms with Crippen LogP contribution in [0.25, 0.3) is 11.3 Å². The van der Waals surface area contributed by atoms with Gasteiger partial charge in [0, 0.05) is 23.7 Å². The lowest BCUT2D eigenvalue weighted by molar-refractivity contribution is 0.340. The number of benzene rings is 2. The van der Waals surface area contributed by atoms with E-state index in [1.807, 2.05) is 55.5 Å². The standard InChI is InChI=1S/C19H21N3O/c1-2-23-16-10-6-9-15(11-16)17(13-20)19-12-18(21-22-19)14-7-4-3-5-8-14/h3-12,17H,2,13,20H2,1H3,(H,21,22). The Morgan fingerprint density at radius 3 is 2.65 bits per heavy atom. The summed E-state index contributed by atoms with van der Waals surface area (Å²) in [6, 6.07) is 20.3. The second kappa shape index (κ2) is 7.11. The number of H-pyrrole nitrogens is 1. The summed E-state index contributed by atoms with van der Waals surface area (Å²) in [6.07, 6.45) is 0. The van der Waals surface area contributed by atoms with E-state index in [1.165, 1.54) is 0 Å². The Balaban J connectivity index is 1.90. The molecule has 4 nitrogen and oxygen atoms in total. The van der Waals surface area contributed by atoms with E-state index in [0.29, 0.717) is 13.2 Å². The molecule has 0 spiro atoms. The second-order valence-electron chi connectivity index (χ2n) is 5.37. The molecule has 1 atom stereocenters. The van der Waals surface area contributed by atoms with Gasteiger partial charge in [0.2, 0.25) is 0 Å². The first kappa shape index (κ1) is 15.3. The Hall–Kier alpha value is -2.59. The Labute approximate surface area is 136 Å². The van der Waals surface area contributed by atoms with Gasteiger partial charge in [-0.15, -0.1) is 0 Å². The van der Waals surface area contributed by atoms with Crippen molar-refractivity contribution < 1.29 is 4.74 Å². The lowest BCUT2D eigenvalue weighted by Gasteiger charge is -2.14. The maximum Gasteiger partial charge on any atom is 0.119 e. The van der Waals surface area contributed by atoms with Crippen molar-refractivity contribution in [2.75, 3.05) is 13.2 Å². The third-order valence-corrected chi connectivity index (χ3v) is 3.85. The molecule has 3 rings (SSSR count). The van der Waals surface area contributed by atoms with Crippen LogP contribution >= 0.6 is 0 Å². The normalized spacial score (nSPS) is 12.1. The zero-order chi connectivity index (χ0) is 16.1. The number of hydrogen-bond acceptors (Lipinski definition) is 3. The van der Waals surface area contributed by atoms with Crippen molar-refractivity contribution in [3.05, 3.63) is 71.9 Å². The summed E-state index contributed by atoms with van der Waals surface area (Å²) >= 11 is 0. The highest BCUT2D eigenvalue weighted by atomic mass is 16.5. The van der Waals surface area contributed by atoms with Crippen LogP contribution in [0.1, 0.15) is 24.1 Å². The fraction of sp³-hybridized carbons (Fsp3) is 0.211. The summed E-state index contributed by atoms with van der Waals surface area (Å²) in [5.74, 6) is 0.937. The van der Waals surface area contributed by atoms with Gasteiger partial charge in [-0.3, -0.25) is 5.10 Å². The summed E-state index contributed by atoms with van der Waals surface area (Å²) in [5, 5.41) is 7.56. The predicted octanol–water partition coefficient (Wildman–Crippen LogP) is 3.57. The van der Waals surface area contributed by atoms with Crippen LogP contribution in [0.5, 0.6) is 5.75 Å². The number of nitrogens with one attached hydrogen (secondary N) is 1. The lowest BCUT2D eigenvalue weighted by Crippen LogP contribution is -2.14. The topological polar surface area (TPSA) is 63.9 Å². The van der Waals surface area contributed by atoms with Crippen molar-refractivity contribution in [1.29, 1.82) is 0 Å². The average molecular weight is 307 g/mol. The number of rotatable bonds is 6. The van der Waals surface area contributed by atoms with Crippen LogP contribution in [0.4, 0.5) is 0 Å². The summed E-state index contributed by atoms with van der Waals surface area (Å²) < 4.78 is 5.58. The van der Waals surface area contributed by atoms with Gasteiger partial charge in [-0.1, -0.05) is 42.5 Å². The van der Waals surface area contributed by atoms with Gasteiger partial charge in [-0.2, -0.15) is 5.10 Å². The molecule has 1 heterocycles. The SMILES string of the molecule is CCOc1cccc(C(CN)c2cc(-c3ccccc3)n[nH]2)c1. The molecule has 4 heteroatoms. The Morgan fingerprint density at radius 1 is 1.09 bits per heavy atom. The van der Waals surface area contributed by atoms with Crippen molar-refractivity contribution in [3.8, 4) is 17.0 Å². The molecular weight excluding hydrogens is 286 g/mol. The minimum atomic E-state index is 0.0698. The summed E-state index contributed by atoms with van der Waals surface area (Å²) in [7, 11) is 0. The molecule has 0 aliphatic rings. The van der Waals surface area contributed by atoms with Crippen LogP contribution in [0.2, 0.25) is 0 Å². The zero-order valence-corrected chi connectivity index (χ0v) is 13.2. The first-order valence-electron chi connectivity index (χ1n) is 7.85. The van der Waals surface area contributed by atoms with Gasteiger partial charge in [-0.25, -0.2) is 0 Å². The molecule has 1 unspecified atom stereocenters. The Kier molecular flexibility index (Phi) is 4.74. The molecule has 0 aliphatic carbocycles. The largest absolute Gasteiger partial charge is 0.494 e. The fourth-order valence-electron chi connectivity index (χ4n) is 2.70. The van der Waals surface area contributed by atoms with E-state index < -0.39 is 0 Å². The first-order chi connectivity index (χ1) is 11.3. The Bertz CT molecular complexity index is 752. The zero-order valence-electron chi connectivity index (χ0n) is 13.2. The number of hydrogen-bond donors (Lipinski definition) is 2. The molecule has 23 heavy (non-hydrogen) atoms. The number of aromatic amines is 1. The van der Waals surface area contributed by atoms with Crippen LogP contribution in [-0.4, -0.2) is 23.3 Å². The van der Waals surface area contributed by atoms with Gasteiger partial charge in [0.05, 0.1) is 12.3 Å². The van der Waals surface area contributed by atoms with E-state index in [1.54, 1.807) is 0 Å². The lowest BCUT2D eigenvalue weighted by atomic mass is 9.95. The molecule has 0 saturated carbocycles. The van der Waals surface area contributed by atoms with E-state index in [-0.39, 0.29) is 5.92 Å². The maximum absolute atomic E-state index is 6.02. The van der Waals surface area contributed by atoms with Gasteiger partial charge in [0.15, 0.2) is 0 Å². The van der Waals surface area contributed by atoms with E-state index in [2.05, 4.69) is 22.3 Å². The van der Waals surface area contributed by atoms with Crippen LogP contribution in [0, 0.1) is 0 Å². The van der Waals surface area contributed by atoms with Crippen LogP contribution < -0.4 is 10.5 Å². The number of nitrogens with zero attached hydrogens (tertiary/aromatic N) is 1. The van der Waals surface area contributed by atoms with Crippen molar-refractivity contribution >= 4 is 0 Å². The maximum atomic E-state index is 6.02. The molecule has 118 valence electrons. The van der Waals surface area contributed by atoms with E-state index in [4.69, 9.17) is 10.5 Å². The van der Waals surface area contributed by atoms with E-state index in [9.17, 15) is 0 Å². The fourth-order valence-corrected chi connectivity index (χ4v) is 2.70. The highest BCUT2D eigenvalue weighted by molar-refractivity contribution is 5.59. The first-order valence-corrected chi connectivity index (χ1v) is 7.85. The molecular formula is C19H21N3O. The minimum Gasteiger partial charge on any atom is -0.494 e. The number of aromatic nitrogens is 2. The molecule has 3 aromatic rings. The number of nitrogens with two attached hydrogens (primary N) is 1. The van der Waals surface area contributed by atoms with Crippen molar-refractivity contribution in [2.45, 2.75) is 12.8 Å². The predicted molar refractivity (Wildman–Crippen MR) is 92.5 cm³/mol. The van der Waals surface area contributed by atoms with Gasteiger partial charge in [0.25, 0.3) is 0 Å². The second-order valence-corrected chi connectivity index (χ2v) is 5.37. The molecule has 0 radical (unpaired) electrons. The Morgan fingerprint density at radius 2 is 1.91 bits per heavy atom. The monoisotopic (exact) mass is 307 g/mol. The summed E-state index contributed by atoms with van der Waals surface area (Å²) in [4.78, 5) is 0.